The normalized spacial score (nSPS) is 10.5. The standard InChI is InChI=1S/C24H24N2S4/c27-23(28)25(15-19-7-3-1-4-8-19)17-21-11-13-22(14-12-21)18-26(24(29)30)16-20-9-5-2-6-10-20/h1-14H,15-18H2,(H,27,28)(H,29,30). The van der Waals surface area contributed by atoms with Crippen LogP contribution in [0.3, 0.4) is 0 Å². The van der Waals surface area contributed by atoms with Crippen LogP contribution < -0.4 is 0 Å². The molecule has 0 aliphatic carbocycles. The quantitative estimate of drug-likeness (QED) is 0.303. The molecule has 0 unspecified atom stereocenters. The van der Waals surface area contributed by atoms with E-state index in [-0.39, 0.29) is 0 Å². The van der Waals surface area contributed by atoms with Gasteiger partial charge in [0.15, 0.2) is 0 Å². The van der Waals surface area contributed by atoms with Crippen LogP contribution in [0.25, 0.3) is 0 Å². The van der Waals surface area contributed by atoms with E-state index in [2.05, 4.69) is 83.6 Å². The van der Waals surface area contributed by atoms with Crippen molar-refractivity contribution in [3.8, 4) is 0 Å². The van der Waals surface area contributed by atoms with Gasteiger partial charge in [0, 0.05) is 26.2 Å². The highest BCUT2D eigenvalue weighted by Crippen LogP contribution is 2.16. The van der Waals surface area contributed by atoms with Crippen molar-refractivity contribution in [2.24, 2.45) is 0 Å². The summed E-state index contributed by atoms with van der Waals surface area (Å²) in [6, 6.07) is 29.2. The first-order valence-corrected chi connectivity index (χ1v) is 11.3. The fourth-order valence-electron chi connectivity index (χ4n) is 3.18. The Morgan fingerprint density at radius 1 is 0.500 bits per heavy atom. The molecule has 0 spiro atoms. The number of thiocarbonyl (C=S) groups is 2. The molecule has 0 saturated heterocycles. The van der Waals surface area contributed by atoms with Gasteiger partial charge < -0.3 is 9.80 Å². The predicted octanol–water partition coefficient (Wildman–Crippen LogP) is 6.12. The lowest BCUT2D eigenvalue weighted by Gasteiger charge is -2.24. The monoisotopic (exact) mass is 468 g/mol. The minimum Gasteiger partial charge on any atom is -0.349 e. The Bertz CT molecular complexity index is 879. The third-order valence-electron chi connectivity index (χ3n) is 4.74. The zero-order valence-corrected chi connectivity index (χ0v) is 19.9. The summed E-state index contributed by atoms with van der Waals surface area (Å²) in [7, 11) is 0. The molecule has 3 rings (SSSR count). The molecule has 0 amide bonds. The van der Waals surface area contributed by atoms with Crippen molar-refractivity contribution in [1.82, 2.24) is 9.80 Å². The molecule has 0 radical (unpaired) electrons. The maximum Gasteiger partial charge on any atom is 0.133 e. The van der Waals surface area contributed by atoms with Gasteiger partial charge in [-0.1, -0.05) is 109 Å². The number of rotatable bonds is 8. The topological polar surface area (TPSA) is 6.48 Å². The lowest BCUT2D eigenvalue weighted by atomic mass is 10.1. The third kappa shape index (κ3) is 7.13. The molecule has 0 fully saturated rings. The SMILES string of the molecule is S=C(S)N(Cc1ccccc1)Cc1ccc(CN(Cc2ccccc2)C(=S)S)cc1. The molecular formula is C24H24N2S4. The van der Waals surface area contributed by atoms with Gasteiger partial charge >= 0.3 is 0 Å². The molecule has 3 aromatic rings. The summed E-state index contributed by atoms with van der Waals surface area (Å²) in [5.74, 6) is 0. The highest BCUT2D eigenvalue weighted by atomic mass is 32.1. The second-order valence-electron chi connectivity index (χ2n) is 7.06. The lowest BCUT2D eigenvalue weighted by molar-refractivity contribution is 0.418. The van der Waals surface area contributed by atoms with Crippen LogP contribution in [0.5, 0.6) is 0 Å². The fourth-order valence-corrected chi connectivity index (χ4v) is 3.72. The van der Waals surface area contributed by atoms with Gasteiger partial charge in [0.1, 0.15) is 8.64 Å². The van der Waals surface area contributed by atoms with Gasteiger partial charge in [-0.25, -0.2) is 0 Å². The molecule has 6 heteroatoms. The van der Waals surface area contributed by atoms with Gasteiger partial charge in [-0.3, -0.25) is 0 Å². The van der Waals surface area contributed by atoms with Crippen LogP contribution in [-0.4, -0.2) is 18.4 Å². The summed E-state index contributed by atoms with van der Waals surface area (Å²) in [5, 5.41) is 0. The number of hydrogen-bond donors (Lipinski definition) is 2. The predicted molar refractivity (Wildman–Crippen MR) is 141 cm³/mol. The number of nitrogens with zero attached hydrogens (tertiary/aromatic N) is 2. The smallest absolute Gasteiger partial charge is 0.133 e. The van der Waals surface area contributed by atoms with Crippen molar-refractivity contribution < 1.29 is 0 Å². The molecule has 0 N–H and O–H groups in total. The molecule has 30 heavy (non-hydrogen) atoms. The highest BCUT2D eigenvalue weighted by Gasteiger charge is 2.11. The molecule has 0 bridgehead atoms. The van der Waals surface area contributed by atoms with Crippen LogP contribution in [-0.2, 0) is 26.2 Å². The molecule has 0 heterocycles. The van der Waals surface area contributed by atoms with Crippen molar-refractivity contribution in [2.75, 3.05) is 0 Å². The first-order valence-electron chi connectivity index (χ1n) is 9.62. The van der Waals surface area contributed by atoms with E-state index >= 15 is 0 Å². The molecule has 0 atom stereocenters. The van der Waals surface area contributed by atoms with Crippen LogP contribution in [0, 0.1) is 0 Å². The Hall–Kier alpha value is -1.86. The van der Waals surface area contributed by atoms with Crippen LogP contribution in [0.1, 0.15) is 22.3 Å². The van der Waals surface area contributed by atoms with Crippen LogP contribution in [0.4, 0.5) is 0 Å². The zero-order chi connectivity index (χ0) is 21.3. The summed E-state index contributed by atoms with van der Waals surface area (Å²) < 4.78 is 1.19. The maximum absolute atomic E-state index is 5.35. The van der Waals surface area contributed by atoms with E-state index in [1.165, 1.54) is 22.3 Å². The molecule has 154 valence electrons. The summed E-state index contributed by atoms with van der Waals surface area (Å²) in [6.45, 7) is 2.92. The molecule has 0 saturated carbocycles. The van der Waals surface area contributed by atoms with Crippen molar-refractivity contribution in [2.45, 2.75) is 26.2 Å². The van der Waals surface area contributed by atoms with Gasteiger partial charge in [-0.15, -0.1) is 25.3 Å². The summed E-state index contributed by atoms with van der Waals surface area (Å²) in [4.78, 5) is 4.18. The molecule has 0 aliphatic rings. The van der Waals surface area contributed by atoms with Gasteiger partial charge in [-0.05, 0) is 22.3 Å². The second-order valence-corrected chi connectivity index (χ2v) is 9.29. The molecule has 0 aliphatic heterocycles. The highest BCUT2D eigenvalue weighted by molar-refractivity contribution is 8.11. The third-order valence-corrected chi connectivity index (χ3v) is 5.83. The largest absolute Gasteiger partial charge is 0.349 e. The summed E-state index contributed by atoms with van der Waals surface area (Å²) in [5.41, 5.74) is 4.80. The Labute approximate surface area is 200 Å². The Kier molecular flexibility index (Phi) is 8.75. The average Bonchev–Trinajstić information content (AvgIpc) is 2.75. The average molecular weight is 469 g/mol. The van der Waals surface area contributed by atoms with E-state index in [0.29, 0.717) is 8.64 Å². The van der Waals surface area contributed by atoms with Crippen molar-refractivity contribution in [3.63, 3.8) is 0 Å². The van der Waals surface area contributed by atoms with E-state index in [9.17, 15) is 0 Å². The molecule has 2 nitrogen and oxygen atoms in total. The minimum atomic E-state index is 0.595. The van der Waals surface area contributed by atoms with Crippen molar-refractivity contribution >= 4 is 58.3 Å². The minimum absolute atomic E-state index is 0.595. The van der Waals surface area contributed by atoms with Crippen LogP contribution >= 0.6 is 49.7 Å². The maximum atomic E-state index is 5.35. The number of benzene rings is 3. The molecule has 0 aromatic heterocycles. The Balaban J connectivity index is 1.64. The van der Waals surface area contributed by atoms with Crippen molar-refractivity contribution in [3.05, 3.63) is 107 Å². The number of thiol groups is 2. The van der Waals surface area contributed by atoms with Gasteiger partial charge in [0.2, 0.25) is 0 Å². The molecule has 3 aromatic carbocycles. The molecular weight excluding hydrogens is 445 g/mol. The van der Waals surface area contributed by atoms with E-state index in [0.717, 1.165) is 26.2 Å². The van der Waals surface area contributed by atoms with Crippen LogP contribution in [0.2, 0.25) is 0 Å². The summed E-state index contributed by atoms with van der Waals surface area (Å²) >= 11 is 19.5. The zero-order valence-electron chi connectivity index (χ0n) is 16.5. The first-order chi connectivity index (χ1) is 14.5. The lowest BCUT2D eigenvalue weighted by Crippen LogP contribution is -2.25. The van der Waals surface area contributed by atoms with Gasteiger partial charge in [0.25, 0.3) is 0 Å². The van der Waals surface area contributed by atoms with E-state index in [1.54, 1.807) is 0 Å². The van der Waals surface area contributed by atoms with E-state index in [4.69, 9.17) is 24.4 Å². The van der Waals surface area contributed by atoms with Crippen LogP contribution in [0.15, 0.2) is 84.9 Å². The fraction of sp³-hybridized carbons (Fsp3) is 0.167. The number of hydrogen-bond acceptors (Lipinski definition) is 2. The first kappa shape index (κ1) is 22.8. The summed E-state index contributed by atoms with van der Waals surface area (Å²) in [6.07, 6.45) is 0. The van der Waals surface area contributed by atoms with Gasteiger partial charge in [-0.2, -0.15) is 0 Å². The Morgan fingerprint density at radius 3 is 1.03 bits per heavy atom. The Morgan fingerprint density at radius 2 is 0.767 bits per heavy atom. The van der Waals surface area contributed by atoms with Gasteiger partial charge in [0.05, 0.1) is 0 Å². The second kappa shape index (κ2) is 11.5. The van der Waals surface area contributed by atoms with E-state index < -0.39 is 0 Å². The van der Waals surface area contributed by atoms with Crippen molar-refractivity contribution in [1.29, 1.82) is 0 Å². The van der Waals surface area contributed by atoms with E-state index in [1.807, 2.05) is 36.4 Å².